The smallest absolute Gasteiger partial charge is 0.0923 e. The van der Waals surface area contributed by atoms with Gasteiger partial charge in [0.15, 0.2) is 0 Å². The van der Waals surface area contributed by atoms with Crippen LogP contribution in [0.15, 0.2) is 54.9 Å². The molecule has 0 saturated heterocycles. The second kappa shape index (κ2) is 6.54. The topological polar surface area (TPSA) is 66.0 Å². The second-order valence-electron chi connectivity index (χ2n) is 4.39. The van der Waals surface area contributed by atoms with E-state index in [4.69, 9.17) is 11.1 Å². The first kappa shape index (κ1) is 13.1. The molecule has 0 bridgehead atoms. The predicted molar refractivity (Wildman–Crippen MR) is 78.3 cm³/mol. The Balaban J connectivity index is 2.12. The lowest BCUT2D eigenvalue weighted by atomic mass is 10.2. The van der Waals surface area contributed by atoms with Gasteiger partial charge in [0, 0.05) is 37.6 Å². The summed E-state index contributed by atoms with van der Waals surface area (Å²) in [5.74, 6) is 0.218. The number of amidine groups is 1. The maximum absolute atomic E-state index is 7.37. The van der Waals surface area contributed by atoms with Gasteiger partial charge < -0.3 is 10.6 Å². The Morgan fingerprint density at radius 3 is 2.42 bits per heavy atom. The fraction of sp³-hybridized carbons (Fsp3) is 0.200. The standard InChI is InChI=1S/C15H18N4/c16-15(17)8-11-19(14-4-2-1-3-5-14)12-13-6-9-18-10-7-13/h1-7,9-10H,8,11-12H2,(H3,16,17). The van der Waals surface area contributed by atoms with E-state index in [-0.39, 0.29) is 5.84 Å². The summed E-state index contributed by atoms with van der Waals surface area (Å²) in [4.78, 5) is 6.25. The molecule has 4 heteroatoms. The first-order chi connectivity index (χ1) is 9.25. The Morgan fingerprint density at radius 2 is 1.79 bits per heavy atom. The van der Waals surface area contributed by atoms with Crippen LogP contribution in [0.2, 0.25) is 0 Å². The molecule has 0 spiro atoms. The van der Waals surface area contributed by atoms with Crippen LogP contribution in [0.1, 0.15) is 12.0 Å². The molecule has 19 heavy (non-hydrogen) atoms. The Bertz CT molecular complexity index is 510. The Hall–Kier alpha value is -2.36. The summed E-state index contributed by atoms with van der Waals surface area (Å²) in [6.07, 6.45) is 4.16. The van der Waals surface area contributed by atoms with Crippen LogP contribution in [0.5, 0.6) is 0 Å². The molecule has 0 saturated carbocycles. The zero-order chi connectivity index (χ0) is 13.5. The van der Waals surface area contributed by atoms with Gasteiger partial charge >= 0.3 is 0 Å². The number of nitrogens with two attached hydrogens (primary N) is 1. The molecule has 98 valence electrons. The highest BCUT2D eigenvalue weighted by molar-refractivity contribution is 5.77. The molecule has 0 unspecified atom stereocenters. The van der Waals surface area contributed by atoms with Crippen LogP contribution < -0.4 is 10.6 Å². The summed E-state index contributed by atoms with van der Waals surface area (Å²) in [5, 5.41) is 7.37. The van der Waals surface area contributed by atoms with Crippen molar-refractivity contribution in [1.29, 1.82) is 5.41 Å². The number of rotatable bonds is 6. The molecule has 0 atom stereocenters. The first-order valence-electron chi connectivity index (χ1n) is 6.27. The van der Waals surface area contributed by atoms with Gasteiger partial charge in [0.25, 0.3) is 0 Å². The van der Waals surface area contributed by atoms with Crippen molar-refractivity contribution in [2.45, 2.75) is 13.0 Å². The molecule has 2 rings (SSSR count). The summed E-state index contributed by atoms with van der Waals surface area (Å²) in [5.41, 5.74) is 7.79. The van der Waals surface area contributed by atoms with Crippen LogP contribution >= 0.6 is 0 Å². The zero-order valence-electron chi connectivity index (χ0n) is 10.8. The van der Waals surface area contributed by atoms with Crippen molar-refractivity contribution >= 4 is 11.5 Å². The van der Waals surface area contributed by atoms with Crippen LogP contribution in [0.25, 0.3) is 0 Å². The normalized spacial score (nSPS) is 10.1. The molecule has 0 aliphatic rings. The summed E-state index contributed by atoms with van der Waals surface area (Å²) in [6.45, 7) is 1.53. The third-order valence-electron chi connectivity index (χ3n) is 2.90. The van der Waals surface area contributed by atoms with E-state index in [0.717, 1.165) is 18.8 Å². The summed E-state index contributed by atoms with van der Waals surface area (Å²) < 4.78 is 0. The van der Waals surface area contributed by atoms with Gasteiger partial charge in [0.1, 0.15) is 0 Å². The maximum Gasteiger partial charge on any atom is 0.0923 e. The summed E-state index contributed by atoms with van der Waals surface area (Å²) >= 11 is 0. The molecule has 0 fully saturated rings. The van der Waals surface area contributed by atoms with Crippen molar-refractivity contribution in [2.24, 2.45) is 5.73 Å². The van der Waals surface area contributed by atoms with E-state index < -0.39 is 0 Å². The maximum atomic E-state index is 7.37. The number of benzene rings is 1. The van der Waals surface area contributed by atoms with Crippen molar-refractivity contribution < 1.29 is 0 Å². The van der Waals surface area contributed by atoms with E-state index in [1.807, 2.05) is 30.3 Å². The SMILES string of the molecule is N=C(N)CCN(Cc1ccncc1)c1ccccc1. The molecular formula is C15H18N4. The number of anilines is 1. The third-order valence-corrected chi connectivity index (χ3v) is 2.90. The van der Waals surface area contributed by atoms with E-state index in [9.17, 15) is 0 Å². The van der Waals surface area contributed by atoms with E-state index in [2.05, 4.69) is 22.0 Å². The number of nitrogens with zero attached hydrogens (tertiary/aromatic N) is 2. The number of hydrogen-bond donors (Lipinski definition) is 2. The summed E-state index contributed by atoms with van der Waals surface area (Å²) in [7, 11) is 0. The van der Waals surface area contributed by atoms with Gasteiger partial charge in [-0.05, 0) is 29.8 Å². The first-order valence-corrected chi connectivity index (χ1v) is 6.27. The number of pyridine rings is 1. The van der Waals surface area contributed by atoms with Gasteiger partial charge in [-0.1, -0.05) is 18.2 Å². The fourth-order valence-corrected chi connectivity index (χ4v) is 1.90. The van der Waals surface area contributed by atoms with Crippen molar-refractivity contribution in [3.05, 3.63) is 60.4 Å². The number of aromatic nitrogens is 1. The minimum atomic E-state index is 0.218. The van der Waals surface area contributed by atoms with E-state index in [1.54, 1.807) is 12.4 Å². The van der Waals surface area contributed by atoms with Crippen molar-refractivity contribution in [3.63, 3.8) is 0 Å². The average molecular weight is 254 g/mol. The van der Waals surface area contributed by atoms with Crippen LogP contribution in [-0.4, -0.2) is 17.4 Å². The zero-order valence-corrected chi connectivity index (χ0v) is 10.8. The molecule has 0 aliphatic carbocycles. The molecule has 4 nitrogen and oxygen atoms in total. The van der Waals surface area contributed by atoms with Crippen molar-refractivity contribution in [3.8, 4) is 0 Å². The molecule has 0 aliphatic heterocycles. The number of hydrogen-bond acceptors (Lipinski definition) is 3. The predicted octanol–water partition coefficient (Wildman–Crippen LogP) is 2.41. The van der Waals surface area contributed by atoms with Crippen LogP contribution in [0.3, 0.4) is 0 Å². The third kappa shape index (κ3) is 4.10. The van der Waals surface area contributed by atoms with E-state index in [0.29, 0.717) is 6.42 Å². The van der Waals surface area contributed by atoms with Gasteiger partial charge in [0.2, 0.25) is 0 Å². The Morgan fingerprint density at radius 1 is 1.11 bits per heavy atom. The van der Waals surface area contributed by atoms with Crippen LogP contribution in [0.4, 0.5) is 5.69 Å². The lowest BCUT2D eigenvalue weighted by Gasteiger charge is -2.24. The average Bonchev–Trinajstić information content (AvgIpc) is 2.45. The highest BCUT2D eigenvalue weighted by Crippen LogP contribution is 2.16. The number of para-hydroxylation sites is 1. The molecule has 1 heterocycles. The second-order valence-corrected chi connectivity index (χ2v) is 4.39. The van der Waals surface area contributed by atoms with Gasteiger partial charge in [-0.15, -0.1) is 0 Å². The van der Waals surface area contributed by atoms with E-state index in [1.165, 1.54) is 5.56 Å². The monoisotopic (exact) mass is 254 g/mol. The van der Waals surface area contributed by atoms with Crippen LogP contribution in [-0.2, 0) is 6.54 Å². The quantitative estimate of drug-likeness (QED) is 0.614. The Labute approximate surface area is 113 Å². The highest BCUT2D eigenvalue weighted by Gasteiger charge is 2.07. The largest absolute Gasteiger partial charge is 0.388 e. The minimum absolute atomic E-state index is 0.218. The molecule has 1 aromatic carbocycles. The lowest BCUT2D eigenvalue weighted by Crippen LogP contribution is -2.27. The van der Waals surface area contributed by atoms with Gasteiger partial charge in [-0.2, -0.15) is 0 Å². The Kier molecular flexibility index (Phi) is 4.50. The van der Waals surface area contributed by atoms with Crippen molar-refractivity contribution in [1.82, 2.24) is 4.98 Å². The van der Waals surface area contributed by atoms with Crippen LogP contribution in [0, 0.1) is 5.41 Å². The molecule has 3 N–H and O–H groups in total. The number of nitrogens with one attached hydrogen (secondary N) is 1. The summed E-state index contributed by atoms with van der Waals surface area (Å²) in [6, 6.07) is 14.2. The molecule has 2 aromatic rings. The van der Waals surface area contributed by atoms with Gasteiger partial charge in [0.05, 0.1) is 5.84 Å². The molecule has 0 amide bonds. The lowest BCUT2D eigenvalue weighted by molar-refractivity contribution is 0.801. The fourth-order valence-electron chi connectivity index (χ4n) is 1.90. The molecule has 1 aromatic heterocycles. The van der Waals surface area contributed by atoms with Gasteiger partial charge in [-0.3, -0.25) is 10.4 Å². The molecular weight excluding hydrogens is 236 g/mol. The highest BCUT2D eigenvalue weighted by atomic mass is 15.1. The van der Waals surface area contributed by atoms with Crippen molar-refractivity contribution in [2.75, 3.05) is 11.4 Å². The van der Waals surface area contributed by atoms with E-state index >= 15 is 0 Å². The molecule has 0 radical (unpaired) electrons. The minimum Gasteiger partial charge on any atom is -0.388 e. The van der Waals surface area contributed by atoms with Gasteiger partial charge in [-0.25, -0.2) is 0 Å².